The number of rotatable bonds is 0. The lowest BCUT2D eigenvalue weighted by molar-refractivity contribution is 0.0304. The number of aliphatic hydroxyl groups is 1. The minimum Gasteiger partial charge on any atom is -0.458 e. The fourth-order valence-electron chi connectivity index (χ4n) is 3.88. The van der Waals surface area contributed by atoms with Gasteiger partial charge >= 0.3 is 0 Å². The molecule has 1 aromatic rings. The third-order valence-corrected chi connectivity index (χ3v) is 5.29. The highest BCUT2D eigenvalue weighted by atomic mass is 16.7. The molecule has 6 nitrogen and oxygen atoms in total. The van der Waals surface area contributed by atoms with Gasteiger partial charge in [0.25, 0.3) is 0 Å². The first-order chi connectivity index (χ1) is 13.2. The molecular formula is C21H20O6. The van der Waals surface area contributed by atoms with Crippen molar-refractivity contribution in [3.8, 4) is 11.5 Å². The van der Waals surface area contributed by atoms with Gasteiger partial charge in [0.1, 0.15) is 5.76 Å². The average molecular weight is 368 g/mol. The minimum absolute atomic E-state index is 0.155. The van der Waals surface area contributed by atoms with Gasteiger partial charge in [0.2, 0.25) is 13.6 Å². The number of hydrogen-bond acceptors (Lipinski definition) is 6. The summed E-state index contributed by atoms with van der Waals surface area (Å²) in [4.78, 5) is 0. The first-order valence-electron chi connectivity index (χ1n) is 8.97. The van der Waals surface area contributed by atoms with Crippen LogP contribution in [0.25, 0.3) is 11.6 Å². The zero-order valence-electron chi connectivity index (χ0n) is 14.7. The number of benzene rings is 1. The van der Waals surface area contributed by atoms with E-state index in [1.165, 1.54) is 0 Å². The van der Waals surface area contributed by atoms with E-state index in [1.54, 1.807) is 0 Å². The molecule has 0 spiro atoms. The molecule has 1 aromatic carbocycles. The third kappa shape index (κ3) is 2.81. The van der Waals surface area contributed by atoms with Crippen LogP contribution in [-0.2, 0) is 14.2 Å². The fourth-order valence-corrected chi connectivity index (χ4v) is 3.88. The van der Waals surface area contributed by atoms with Crippen molar-refractivity contribution in [2.45, 2.75) is 18.6 Å². The first kappa shape index (κ1) is 16.5. The van der Waals surface area contributed by atoms with Crippen LogP contribution in [0.3, 0.4) is 0 Å². The summed E-state index contributed by atoms with van der Waals surface area (Å²) in [6, 6.07) is 3.78. The first-order valence-corrected chi connectivity index (χ1v) is 8.97. The molecule has 3 heterocycles. The molecule has 0 saturated carbocycles. The predicted octanol–water partition coefficient (Wildman–Crippen LogP) is 2.99. The maximum absolute atomic E-state index is 11.2. The quantitative estimate of drug-likeness (QED) is 0.759. The Balaban J connectivity index is 1.59. The molecular weight excluding hydrogens is 348 g/mol. The van der Waals surface area contributed by atoms with E-state index in [0.29, 0.717) is 41.6 Å². The van der Waals surface area contributed by atoms with Crippen LogP contribution in [0.1, 0.15) is 17.5 Å². The van der Waals surface area contributed by atoms with Gasteiger partial charge in [-0.15, -0.1) is 0 Å². The van der Waals surface area contributed by atoms with Gasteiger partial charge in [-0.3, -0.25) is 0 Å². The predicted molar refractivity (Wildman–Crippen MR) is 97.7 cm³/mol. The van der Waals surface area contributed by atoms with Gasteiger partial charge in [0, 0.05) is 0 Å². The van der Waals surface area contributed by atoms with E-state index in [1.807, 2.05) is 36.4 Å². The van der Waals surface area contributed by atoms with Gasteiger partial charge < -0.3 is 28.8 Å². The van der Waals surface area contributed by atoms with E-state index in [4.69, 9.17) is 23.7 Å². The van der Waals surface area contributed by atoms with Crippen molar-refractivity contribution in [1.29, 1.82) is 0 Å². The Hall–Kier alpha value is -2.70. The van der Waals surface area contributed by atoms with Crippen molar-refractivity contribution in [2.24, 2.45) is 5.92 Å². The second-order valence-electron chi connectivity index (χ2n) is 6.87. The molecule has 0 amide bonds. The van der Waals surface area contributed by atoms with Gasteiger partial charge in [-0.2, -0.15) is 0 Å². The second-order valence-corrected chi connectivity index (χ2v) is 6.87. The van der Waals surface area contributed by atoms with Crippen LogP contribution in [0.5, 0.6) is 11.5 Å². The molecule has 140 valence electrons. The van der Waals surface area contributed by atoms with Crippen molar-refractivity contribution in [3.05, 3.63) is 59.6 Å². The summed E-state index contributed by atoms with van der Waals surface area (Å²) in [5, 5.41) is 11.2. The summed E-state index contributed by atoms with van der Waals surface area (Å²) in [6.45, 7) is 5.00. The van der Waals surface area contributed by atoms with Crippen LogP contribution in [0.2, 0.25) is 0 Å². The molecule has 0 aromatic heterocycles. The number of ether oxygens (including phenoxy) is 5. The van der Waals surface area contributed by atoms with E-state index in [0.717, 1.165) is 11.1 Å². The van der Waals surface area contributed by atoms with Crippen LogP contribution in [0.15, 0.2) is 48.5 Å². The van der Waals surface area contributed by atoms with Crippen LogP contribution >= 0.6 is 0 Å². The minimum atomic E-state index is -0.853. The maximum atomic E-state index is 11.2. The molecule has 2 bridgehead atoms. The molecule has 3 aliphatic heterocycles. The summed E-state index contributed by atoms with van der Waals surface area (Å²) in [7, 11) is 0. The Morgan fingerprint density at radius 2 is 1.81 bits per heavy atom. The zero-order chi connectivity index (χ0) is 18.4. The van der Waals surface area contributed by atoms with Crippen molar-refractivity contribution in [1.82, 2.24) is 0 Å². The molecule has 3 atom stereocenters. The van der Waals surface area contributed by atoms with E-state index >= 15 is 0 Å². The van der Waals surface area contributed by atoms with Crippen LogP contribution < -0.4 is 9.47 Å². The second kappa shape index (κ2) is 6.48. The van der Waals surface area contributed by atoms with E-state index < -0.39 is 6.10 Å². The number of allylic oxidation sites excluding steroid dienone is 1. The standard InChI is InChI=1S/C21H20O6/c1-12-15-9-19-18(25-10-26-19)7-13(15)3-2-6-23-14-4-5-17-21(27-11-24-17)16(8-14)20(12)22/h2-5,7,9,14,16,20,22H,1,6,8,10-11H2/b3-2-. The lowest BCUT2D eigenvalue weighted by Gasteiger charge is -2.27. The van der Waals surface area contributed by atoms with Crippen molar-refractivity contribution < 1.29 is 28.8 Å². The summed E-state index contributed by atoms with van der Waals surface area (Å²) in [5.74, 6) is 2.33. The molecule has 27 heavy (non-hydrogen) atoms. The van der Waals surface area contributed by atoms with E-state index in [2.05, 4.69) is 6.58 Å². The van der Waals surface area contributed by atoms with Crippen molar-refractivity contribution in [3.63, 3.8) is 0 Å². The van der Waals surface area contributed by atoms with Gasteiger partial charge in [0.15, 0.2) is 17.3 Å². The van der Waals surface area contributed by atoms with Crippen molar-refractivity contribution in [2.75, 3.05) is 20.2 Å². The Morgan fingerprint density at radius 1 is 1.00 bits per heavy atom. The SMILES string of the molecule is C=C1c2cc3c(cc2/C=C\COC2C=CC4=C(OCO4)C(C2)C1O)OCO3. The molecule has 6 heteroatoms. The fraction of sp³-hybridized carbons (Fsp3) is 0.333. The largest absolute Gasteiger partial charge is 0.458 e. The molecule has 3 unspecified atom stereocenters. The van der Waals surface area contributed by atoms with E-state index in [9.17, 15) is 5.11 Å². The number of hydrogen-bond donors (Lipinski definition) is 1. The Morgan fingerprint density at radius 3 is 2.70 bits per heavy atom. The number of aliphatic hydroxyl groups excluding tert-OH is 1. The molecule has 0 saturated heterocycles. The third-order valence-electron chi connectivity index (χ3n) is 5.29. The Kier molecular flexibility index (Phi) is 3.95. The van der Waals surface area contributed by atoms with E-state index in [-0.39, 0.29) is 25.6 Å². The van der Waals surface area contributed by atoms with Crippen LogP contribution in [-0.4, -0.2) is 37.5 Å². The molecule has 0 fully saturated rings. The molecule has 4 aliphatic rings. The Labute approximate surface area is 156 Å². The lowest BCUT2D eigenvalue weighted by Crippen LogP contribution is -2.28. The van der Waals surface area contributed by atoms with Gasteiger partial charge in [-0.25, -0.2) is 0 Å². The van der Waals surface area contributed by atoms with Crippen LogP contribution in [0.4, 0.5) is 0 Å². The van der Waals surface area contributed by atoms with Gasteiger partial charge in [0.05, 0.1) is 24.7 Å². The zero-order valence-corrected chi connectivity index (χ0v) is 14.7. The van der Waals surface area contributed by atoms with Gasteiger partial charge in [-0.05, 0) is 41.3 Å². The molecule has 1 aliphatic carbocycles. The van der Waals surface area contributed by atoms with Crippen LogP contribution in [0, 0.1) is 5.92 Å². The monoisotopic (exact) mass is 368 g/mol. The van der Waals surface area contributed by atoms with Gasteiger partial charge in [-0.1, -0.05) is 24.8 Å². The maximum Gasteiger partial charge on any atom is 0.231 e. The summed E-state index contributed by atoms with van der Waals surface area (Å²) in [6.07, 6.45) is 7.30. The highest BCUT2D eigenvalue weighted by molar-refractivity contribution is 5.78. The summed E-state index contributed by atoms with van der Waals surface area (Å²) < 4.78 is 28.2. The summed E-state index contributed by atoms with van der Waals surface area (Å²) >= 11 is 0. The number of fused-ring (bicyclic) bond motifs is 5. The molecule has 0 radical (unpaired) electrons. The highest BCUT2D eigenvalue weighted by Gasteiger charge is 2.37. The smallest absolute Gasteiger partial charge is 0.231 e. The summed E-state index contributed by atoms with van der Waals surface area (Å²) in [5.41, 5.74) is 2.32. The topological polar surface area (TPSA) is 66.4 Å². The lowest BCUT2D eigenvalue weighted by atomic mass is 9.85. The highest BCUT2D eigenvalue weighted by Crippen LogP contribution is 2.42. The Bertz CT molecular complexity index is 881. The molecule has 5 rings (SSSR count). The van der Waals surface area contributed by atoms with Crippen molar-refractivity contribution >= 4 is 11.6 Å². The normalized spacial score (nSPS) is 29.8. The average Bonchev–Trinajstić information content (AvgIpc) is 3.29. The molecule has 1 N–H and O–H groups in total.